The van der Waals surface area contributed by atoms with Gasteiger partial charge in [0.2, 0.25) is 0 Å². The van der Waals surface area contributed by atoms with E-state index in [1.54, 1.807) is 0 Å². The molecule has 1 heteroatoms. The van der Waals surface area contributed by atoms with Crippen molar-refractivity contribution >= 4 is 0 Å². The summed E-state index contributed by atoms with van der Waals surface area (Å²) < 4.78 is 0. The first-order valence-corrected chi connectivity index (χ1v) is 9.02. The molecule has 3 aliphatic carbocycles. The molecule has 1 spiro atoms. The minimum Gasteiger partial charge on any atom is -0.313 e. The molecule has 0 aromatic rings. The third-order valence-electron chi connectivity index (χ3n) is 6.51. The Balaban J connectivity index is 1.38. The highest BCUT2D eigenvalue weighted by atomic mass is 15.0. The van der Waals surface area contributed by atoms with Gasteiger partial charge in [-0.05, 0) is 62.3 Å². The van der Waals surface area contributed by atoms with Crippen molar-refractivity contribution in [2.24, 2.45) is 17.3 Å². The summed E-state index contributed by atoms with van der Waals surface area (Å²) in [5.41, 5.74) is 0.748. The Bertz CT molecular complexity index is 279. The van der Waals surface area contributed by atoms with Crippen molar-refractivity contribution in [1.82, 2.24) is 5.32 Å². The molecule has 3 saturated carbocycles. The highest BCUT2D eigenvalue weighted by molar-refractivity contribution is 5.01. The van der Waals surface area contributed by atoms with E-state index in [1.807, 2.05) is 0 Å². The van der Waals surface area contributed by atoms with Crippen LogP contribution in [-0.2, 0) is 0 Å². The fourth-order valence-electron chi connectivity index (χ4n) is 5.15. The maximum atomic E-state index is 3.94. The van der Waals surface area contributed by atoms with Crippen molar-refractivity contribution in [2.45, 2.75) is 90.0 Å². The summed E-state index contributed by atoms with van der Waals surface area (Å²) in [7, 11) is 0. The fraction of sp³-hybridized carbons (Fsp3) is 1.00. The summed E-state index contributed by atoms with van der Waals surface area (Å²) in [6.45, 7) is 3.74. The van der Waals surface area contributed by atoms with E-state index >= 15 is 0 Å². The van der Waals surface area contributed by atoms with Crippen LogP contribution in [0.15, 0.2) is 0 Å². The molecule has 3 fully saturated rings. The van der Waals surface area contributed by atoms with Crippen molar-refractivity contribution in [1.29, 1.82) is 0 Å². The highest BCUT2D eigenvalue weighted by Crippen LogP contribution is 2.51. The van der Waals surface area contributed by atoms with Crippen LogP contribution in [0.4, 0.5) is 0 Å². The Hall–Kier alpha value is -0.0400. The van der Waals surface area contributed by atoms with Crippen LogP contribution in [0.1, 0.15) is 84.0 Å². The zero-order valence-electron chi connectivity index (χ0n) is 12.9. The molecule has 0 bridgehead atoms. The molecule has 1 N–H and O–H groups in total. The molecular formula is C18H33N. The van der Waals surface area contributed by atoms with E-state index in [2.05, 4.69) is 12.2 Å². The van der Waals surface area contributed by atoms with E-state index in [9.17, 15) is 0 Å². The maximum Gasteiger partial charge on any atom is 0.0124 e. The zero-order chi connectivity index (χ0) is 13.1. The maximum absolute atomic E-state index is 3.94. The topological polar surface area (TPSA) is 12.0 Å². The molecule has 3 aliphatic rings. The first kappa shape index (κ1) is 13.9. The minimum absolute atomic E-state index is 0.748. The van der Waals surface area contributed by atoms with Crippen LogP contribution in [0.5, 0.6) is 0 Å². The monoisotopic (exact) mass is 263 g/mol. The predicted octanol–water partition coefficient (Wildman–Crippen LogP) is 4.91. The molecule has 0 saturated heterocycles. The summed E-state index contributed by atoms with van der Waals surface area (Å²) in [4.78, 5) is 0. The van der Waals surface area contributed by atoms with Crippen LogP contribution in [-0.4, -0.2) is 12.6 Å². The third-order valence-corrected chi connectivity index (χ3v) is 6.51. The highest BCUT2D eigenvalue weighted by Gasteiger charge is 2.46. The summed E-state index contributed by atoms with van der Waals surface area (Å²) >= 11 is 0. The van der Waals surface area contributed by atoms with Crippen LogP contribution >= 0.6 is 0 Å². The molecule has 110 valence electrons. The summed E-state index contributed by atoms with van der Waals surface area (Å²) in [5, 5.41) is 3.94. The van der Waals surface area contributed by atoms with Gasteiger partial charge in [0.05, 0.1) is 0 Å². The molecule has 19 heavy (non-hydrogen) atoms. The largest absolute Gasteiger partial charge is 0.313 e. The van der Waals surface area contributed by atoms with Gasteiger partial charge >= 0.3 is 0 Å². The van der Waals surface area contributed by atoms with Gasteiger partial charge in [0.1, 0.15) is 0 Å². The van der Waals surface area contributed by atoms with Gasteiger partial charge in [-0.3, -0.25) is 0 Å². The lowest BCUT2D eigenvalue weighted by molar-refractivity contribution is 0.0222. The lowest BCUT2D eigenvalue weighted by Gasteiger charge is -2.52. The lowest BCUT2D eigenvalue weighted by atomic mass is 9.57. The van der Waals surface area contributed by atoms with Gasteiger partial charge in [-0.1, -0.05) is 45.4 Å². The third kappa shape index (κ3) is 3.17. The van der Waals surface area contributed by atoms with Crippen molar-refractivity contribution in [3.8, 4) is 0 Å². The van der Waals surface area contributed by atoms with E-state index < -0.39 is 0 Å². The Kier molecular flexibility index (Phi) is 4.51. The standard InChI is InChI=1S/C18H33N/c1-15-6-5-7-16(14-15)9-13-19-17-8-12-18(17)10-3-2-4-11-18/h15-17,19H,2-14H2,1H3. The van der Waals surface area contributed by atoms with E-state index in [4.69, 9.17) is 0 Å². The molecule has 3 rings (SSSR count). The van der Waals surface area contributed by atoms with Crippen LogP contribution in [0.2, 0.25) is 0 Å². The normalized spacial score (nSPS) is 38.1. The second kappa shape index (κ2) is 6.16. The predicted molar refractivity (Wildman–Crippen MR) is 82.3 cm³/mol. The molecule has 0 aliphatic heterocycles. The average molecular weight is 263 g/mol. The molecule has 1 nitrogen and oxygen atoms in total. The minimum atomic E-state index is 0.748. The van der Waals surface area contributed by atoms with Gasteiger partial charge in [0.15, 0.2) is 0 Å². The van der Waals surface area contributed by atoms with Crippen LogP contribution in [0, 0.1) is 17.3 Å². The van der Waals surface area contributed by atoms with Gasteiger partial charge in [0, 0.05) is 6.04 Å². The molecule has 0 aromatic carbocycles. The van der Waals surface area contributed by atoms with Crippen LogP contribution in [0.25, 0.3) is 0 Å². The number of rotatable bonds is 4. The van der Waals surface area contributed by atoms with Crippen molar-refractivity contribution in [3.63, 3.8) is 0 Å². The molecule has 0 amide bonds. The van der Waals surface area contributed by atoms with Crippen molar-refractivity contribution in [2.75, 3.05) is 6.54 Å². The summed E-state index contributed by atoms with van der Waals surface area (Å²) in [6.07, 6.45) is 17.9. The fourth-order valence-corrected chi connectivity index (χ4v) is 5.15. The van der Waals surface area contributed by atoms with Gasteiger partial charge in [-0.15, -0.1) is 0 Å². The molecule has 0 radical (unpaired) electrons. The molecule has 0 heterocycles. The molecule has 3 unspecified atom stereocenters. The SMILES string of the molecule is CC1CCCC(CCNC2CCC23CCCCC3)C1. The van der Waals surface area contributed by atoms with Gasteiger partial charge in [0.25, 0.3) is 0 Å². The van der Waals surface area contributed by atoms with E-state index in [0.717, 1.165) is 23.3 Å². The Morgan fingerprint density at radius 1 is 0.947 bits per heavy atom. The number of nitrogens with one attached hydrogen (secondary N) is 1. The van der Waals surface area contributed by atoms with Gasteiger partial charge < -0.3 is 5.32 Å². The smallest absolute Gasteiger partial charge is 0.0124 e. The average Bonchev–Trinajstić information content (AvgIpc) is 2.43. The molecule has 3 atom stereocenters. The lowest BCUT2D eigenvalue weighted by Crippen LogP contribution is -2.54. The van der Waals surface area contributed by atoms with E-state index in [-0.39, 0.29) is 0 Å². The van der Waals surface area contributed by atoms with Crippen LogP contribution in [0.3, 0.4) is 0 Å². The van der Waals surface area contributed by atoms with E-state index in [0.29, 0.717) is 0 Å². The second-order valence-corrected chi connectivity index (χ2v) is 7.89. The van der Waals surface area contributed by atoms with Crippen LogP contribution < -0.4 is 5.32 Å². The van der Waals surface area contributed by atoms with Gasteiger partial charge in [-0.2, -0.15) is 0 Å². The molecule has 0 aromatic heterocycles. The Morgan fingerprint density at radius 2 is 1.79 bits per heavy atom. The first-order valence-electron chi connectivity index (χ1n) is 9.02. The van der Waals surface area contributed by atoms with Crippen molar-refractivity contribution in [3.05, 3.63) is 0 Å². The summed E-state index contributed by atoms with van der Waals surface area (Å²) in [6, 6.07) is 0.883. The van der Waals surface area contributed by atoms with E-state index in [1.165, 1.54) is 83.6 Å². The number of hydrogen-bond donors (Lipinski definition) is 1. The molecular weight excluding hydrogens is 230 g/mol. The summed E-state index contributed by atoms with van der Waals surface area (Å²) in [5.74, 6) is 2.02. The van der Waals surface area contributed by atoms with Gasteiger partial charge in [-0.25, -0.2) is 0 Å². The quantitative estimate of drug-likeness (QED) is 0.760. The van der Waals surface area contributed by atoms with Crippen molar-refractivity contribution < 1.29 is 0 Å². The zero-order valence-corrected chi connectivity index (χ0v) is 12.9. The Labute approximate surface area is 119 Å². The second-order valence-electron chi connectivity index (χ2n) is 7.89. The first-order chi connectivity index (χ1) is 9.28. The number of hydrogen-bond acceptors (Lipinski definition) is 1. The Morgan fingerprint density at radius 3 is 2.47 bits per heavy atom.